The van der Waals surface area contributed by atoms with E-state index in [1.165, 1.54) is 6.08 Å². The SMILES string of the molecule is CC(C)CCOC(N)=O.CCC1=CC(=O)NC1=O. The van der Waals surface area contributed by atoms with Crippen LogP contribution >= 0.6 is 0 Å². The molecule has 0 aliphatic carbocycles. The van der Waals surface area contributed by atoms with Gasteiger partial charge in [-0.25, -0.2) is 4.79 Å². The second-order valence-electron chi connectivity index (χ2n) is 4.19. The fourth-order valence-electron chi connectivity index (χ4n) is 1.11. The molecule has 1 rings (SSSR count). The van der Waals surface area contributed by atoms with Crippen molar-refractivity contribution in [3.63, 3.8) is 0 Å². The lowest BCUT2D eigenvalue weighted by Crippen LogP contribution is -2.21. The van der Waals surface area contributed by atoms with Crippen LogP contribution in [0.1, 0.15) is 33.6 Å². The summed E-state index contributed by atoms with van der Waals surface area (Å²) in [7, 11) is 0. The molecule has 0 radical (unpaired) electrons. The summed E-state index contributed by atoms with van der Waals surface area (Å²) in [4.78, 5) is 31.0. The van der Waals surface area contributed by atoms with E-state index in [1.54, 1.807) is 0 Å². The standard InChI is InChI=1S/C6H7NO2.C6H13NO2/c1-2-4-3-5(8)7-6(4)9;1-5(2)3-4-9-6(7)8/h3H,2H2,1H3,(H,7,8,9);5H,3-4H2,1-2H3,(H2,7,8). The van der Waals surface area contributed by atoms with Crippen LogP contribution in [-0.2, 0) is 14.3 Å². The summed E-state index contributed by atoms with van der Waals surface area (Å²) in [5.41, 5.74) is 5.29. The molecule has 102 valence electrons. The van der Waals surface area contributed by atoms with Crippen LogP contribution in [-0.4, -0.2) is 24.5 Å². The zero-order valence-corrected chi connectivity index (χ0v) is 11.0. The average molecular weight is 256 g/mol. The highest BCUT2D eigenvalue weighted by molar-refractivity contribution is 6.16. The van der Waals surface area contributed by atoms with E-state index < -0.39 is 6.09 Å². The first-order chi connectivity index (χ1) is 8.36. The van der Waals surface area contributed by atoms with Gasteiger partial charge in [0.15, 0.2) is 0 Å². The fraction of sp³-hybridized carbons (Fsp3) is 0.583. The van der Waals surface area contributed by atoms with Crippen LogP contribution in [0.4, 0.5) is 4.79 Å². The summed E-state index contributed by atoms with van der Waals surface area (Å²) in [6.07, 6.45) is 2.15. The number of ether oxygens (including phenoxy) is 1. The number of rotatable bonds is 4. The maximum Gasteiger partial charge on any atom is 0.404 e. The summed E-state index contributed by atoms with van der Waals surface area (Å²) in [6, 6.07) is 0. The van der Waals surface area contributed by atoms with Crippen molar-refractivity contribution in [3.8, 4) is 0 Å². The molecule has 0 aromatic carbocycles. The molecule has 6 nitrogen and oxygen atoms in total. The summed E-state index contributed by atoms with van der Waals surface area (Å²) >= 11 is 0. The molecule has 0 aromatic heterocycles. The van der Waals surface area contributed by atoms with Gasteiger partial charge < -0.3 is 10.5 Å². The van der Waals surface area contributed by atoms with E-state index in [2.05, 4.69) is 23.9 Å². The molecule has 0 atom stereocenters. The summed E-state index contributed by atoms with van der Waals surface area (Å²) in [5, 5.41) is 2.15. The first-order valence-corrected chi connectivity index (χ1v) is 5.84. The Balaban J connectivity index is 0.000000321. The van der Waals surface area contributed by atoms with Gasteiger partial charge in [-0.15, -0.1) is 0 Å². The van der Waals surface area contributed by atoms with Crippen LogP contribution < -0.4 is 11.1 Å². The molecule has 1 aliphatic rings. The van der Waals surface area contributed by atoms with E-state index in [-0.39, 0.29) is 11.8 Å². The van der Waals surface area contributed by atoms with Gasteiger partial charge in [-0.3, -0.25) is 14.9 Å². The lowest BCUT2D eigenvalue weighted by atomic mass is 10.1. The third kappa shape index (κ3) is 7.43. The highest BCUT2D eigenvalue weighted by Gasteiger charge is 2.17. The van der Waals surface area contributed by atoms with Gasteiger partial charge in [0, 0.05) is 11.6 Å². The Labute approximate surface area is 107 Å². The number of carbonyl (C=O) groups is 3. The van der Waals surface area contributed by atoms with E-state index in [1.807, 2.05) is 6.92 Å². The first-order valence-electron chi connectivity index (χ1n) is 5.84. The van der Waals surface area contributed by atoms with E-state index in [4.69, 9.17) is 5.73 Å². The van der Waals surface area contributed by atoms with Gasteiger partial charge in [0.05, 0.1) is 6.61 Å². The third-order valence-electron chi connectivity index (χ3n) is 2.15. The maximum absolute atomic E-state index is 10.6. The first kappa shape index (κ1) is 16.1. The molecule has 0 saturated carbocycles. The number of imide groups is 1. The second-order valence-corrected chi connectivity index (χ2v) is 4.19. The number of carbonyl (C=O) groups excluding carboxylic acids is 3. The van der Waals surface area contributed by atoms with Crippen LogP contribution in [0.3, 0.4) is 0 Å². The highest BCUT2D eigenvalue weighted by Crippen LogP contribution is 2.04. The number of hydrogen-bond acceptors (Lipinski definition) is 4. The molecule has 0 bridgehead atoms. The van der Waals surface area contributed by atoms with Crippen LogP contribution in [0.15, 0.2) is 11.6 Å². The van der Waals surface area contributed by atoms with Gasteiger partial charge in [0.25, 0.3) is 11.8 Å². The minimum atomic E-state index is -0.685. The quantitative estimate of drug-likeness (QED) is 0.736. The Kier molecular flexibility index (Phi) is 7.42. The van der Waals surface area contributed by atoms with Crippen molar-refractivity contribution in [2.45, 2.75) is 33.6 Å². The minimum Gasteiger partial charge on any atom is -0.450 e. The molecule has 0 saturated heterocycles. The largest absolute Gasteiger partial charge is 0.450 e. The van der Waals surface area contributed by atoms with Crippen LogP contribution in [0, 0.1) is 5.92 Å². The van der Waals surface area contributed by atoms with Gasteiger partial charge in [-0.2, -0.15) is 0 Å². The van der Waals surface area contributed by atoms with Crippen molar-refractivity contribution in [1.29, 1.82) is 0 Å². The van der Waals surface area contributed by atoms with Gasteiger partial charge in [0.1, 0.15) is 0 Å². The van der Waals surface area contributed by atoms with Gasteiger partial charge in [0.2, 0.25) is 0 Å². The molecular weight excluding hydrogens is 236 g/mol. The number of primary amides is 1. The fourth-order valence-corrected chi connectivity index (χ4v) is 1.11. The number of amides is 3. The maximum atomic E-state index is 10.6. The van der Waals surface area contributed by atoms with Crippen molar-refractivity contribution in [3.05, 3.63) is 11.6 Å². The van der Waals surface area contributed by atoms with Crippen LogP contribution in [0.2, 0.25) is 0 Å². The molecule has 3 amide bonds. The third-order valence-corrected chi connectivity index (χ3v) is 2.15. The van der Waals surface area contributed by atoms with Crippen molar-refractivity contribution >= 4 is 17.9 Å². The molecule has 3 N–H and O–H groups in total. The van der Waals surface area contributed by atoms with Gasteiger partial charge >= 0.3 is 6.09 Å². The van der Waals surface area contributed by atoms with E-state index in [0.717, 1.165) is 6.42 Å². The monoisotopic (exact) mass is 256 g/mol. The molecule has 6 heteroatoms. The Bertz CT molecular complexity index is 348. The molecule has 1 aliphatic heterocycles. The molecule has 0 aromatic rings. The summed E-state index contributed by atoms with van der Waals surface area (Å²) in [6.45, 7) is 6.39. The van der Waals surface area contributed by atoms with Crippen molar-refractivity contribution < 1.29 is 19.1 Å². The lowest BCUT2D eigenvalue weighted by molar-refractivity contribution is -0.123. The predicted octanol–water partition coefficient (Wildman–Crippen LogP) is 1.11. The Hall–Kier alpha value is -1.85. The normalized spacial score (nSPS) is 13.7. The van der Waals surface area contributed by atoms with E-state index >= 15 is 0 Å². The predicted molar refractivity (Wildman–Crippen MR) is 66.5 cm³/mol. The Morgan fingerprint density at radius 2 is 2.06 bits per heavy atom. The van der Waals surface area contributed by atoms with E-state index in [9.17, 15) is 14.4 Å². The van der Waals surface area contributed by atoms with Crippen molar-refractivity contribution in [2.75, 3.05) is 6.61 Å². The number of nitrogens with two attached hydrogens (primary N) is 1. The molecule has 0 fully saturated rings. The minimum absolute atomic E-state index is 0.248. The smallest absolute Gasteiger partial charge is 0.404 e. The number of nitrogens with one attached hydrogen (secondary N) is 1. The second kappa shape index (κ2) is 8.27. The van der Waals surface area contributed by atoms with Crippen molar-refractivity contribution in [1.82, 2.24) is 5.32 Å². The summed E-state index contributed by atoms with van der Waals surface area (Å²) in [5.74, 6) is 0.0173. The van der Waals surface area contributed by atoms with Gasteiger partial charge in [-0.05, 0) is 18.8 Å². The zero-order chi connectivity index (χ0) is 14.1. The van der Waals surface area contributed by atoms with Crippen LogP contribution in [0.5, 0.6) is 0 Å². The van der Waals surface area contributed by atoms with Crippen molar-refractivity contribution in [2.24, 2.45) is 11.7 Å². The lowest BCUT2D eigenvalue weighted by Gasteiger charge is -2.02. The summed E-state index contributed by atoms with van der Waals surface area (Å²) < 4.78 is 4.49. The number of hydrogen-bond donors (Lipinski definition) is 2. The van der Waals surface area contributed by atoms with E-state index in [0.29, 0.717) is 24.5 Å². The van der Waals surface area contributed by atoms with Gasteiger partial charge in [-0.1, -0.05) is 20.8 Å². The zero-order valence-electron chi connectivity index (χ0n) is 11.0. The molecule has 0 spiro atoms. The molecule has 1 heterocycles. The molecular formula is C12H20N2O4. The van der Waals surface area contributed by atoms with Crippen LogP contribution in [0.25, 0.3) is 0 Å². The Morgan fingerprint density at radius 1 is 1.44 bits per heavy atom. The topological polar surface area (TPSA) is 98.5 Å². The molecule has 0 unspecified atom stereocenters. The molecule has 18 heavy (non-hydrogen) atoms. The Morgan fingerprint density at radius 3 is 2.33 bits per heavy atom. The highest BCUT2D eigenvalue weighted by atomic mass is 16.5. The average Bonchev–Trinajstić information content (AvgIpc) is 2.57.